The topological polar surface area (TPSA) is 52.7 Å². The summed E-state index contributed by atoms with van der Waals surface area (Å²) in [5, 5.41) is 3.45. The number of nitrogens with one attached hydrogen (secondary N) is 1. The van der Waals surface area contributed by atoms with E-state index >= 15 is 0 Å². The smallest absolute Gasteiger partial charge is 0.281 e. The Labute approximate surface area is 119 Å². The maximum absolute atomic E-state index is 12.3. The van der Waals surface area contributed by atoms with Gasteiger partial charge in [-0.1, -0.05) is 0 Å². The zero-order valence-corrected chi connectivity index (χ0v) is 12.6. The first-order chi connectivity index (χ1) is 9.39. The van der Waals surface area contributed by atoms with Crippen molar-refractivity contribution in [1.82, 2.24) is 13.9 Å². The first kappa shape index (κ1) is 16.1. The molecule has 0 aromatic heterocycles. The van der Waals surface area contributed by atoms with Crippen LogP contribution in [0.5, 0.6) is 0 Å². The predicted octanol–water partition coefficient (Wildman–Crippen LogP) is 0.892. The van der Waals surface area contributed by atoms with Crippen LogP contribution < -0.4 is 5.32 Å². The van der Waals surface area contributed by atoms with Crippen LogP contribution in [0.25, 0.3) is 0 Å². The third-order valence-electron chi connectivity index (χ3n) is 3.96. The van der Waals surface area contributed by atoms with Gasteiger partial charge in [-0.2, -0.15) is 17.0 Å². The average molecular weight is 311 g/mol. The summed E-state index contributed by atoms with van der Waals surface area (Å²) in [7, 11) is -2.52. The van der Waals surface area contributed by atoms with Crippen LogP contribution in [0, 0.1) is 5.92 Å². The Kier molecular flexibility index (Phi) is 5.33. The molecule has 0 unspecified atom stereocenters. The second kappa shape index (κ2) is 6.64. The molecule has 2 fully saturated rings. The van der Waals surface area contributed by atoms with Crippen LogP contribution in [0.2, 0.25) is 0 Å². The third kappa shape index (κ3) is 4.34. The van der Waals surface area contributed by atoms with Crippen LogP contribution in [0.4, 0.5) is 8.78 Å². The highest BCUT2D eigenvalue weighted by Crippen LogP contribution is 2.23. The number of rotatable bonds is 7. The summed E-state index contributed by atoms with van der Waals surface area (Å²) in [4.78, 5) is 0. The number of halogens is 2. The first-order valence-corrected chi connectivity index (χ1v) is 8.52. The first-order valence-electron chi connectivity index (χ1n) is 7.12. The molecule has 0 spiro atoms. The molecule has 1 saturated carbocycles. The molecule has 5 nitrogen and oxygen atoms in total. The second-order valence-corrected chi connectivity index (χ2v) is 7.74. The van der Waals surface area contributed by atoms with Crippen LogP contribution in [0.3, 0.4) is 0 Å². The SMILES string of the molecule is CN(CC(F)F)S(=O)(=O)N1CCC(CNC2CC2)CC1. The van der Waals surface area contributed by atoms with E-state index in [-0.39, 0.29) is 0 Å². The molecule has 1 N–H and O–H groups in total. The number of hydrogen-bond donors (Lipinski definition) is 1. The van der Waals surface area contributed by atoms with E-state index in [4.69, 9.17) is 0 Å². The predicted molar refractivity (Wildman–Crippen MR) is 72.9 cm³/mol. The van der Waals surface area contributed by atoms with E-state index in [1.807, 2.05) is 0 Å². The molecule has 1 heterocycles. The van der Waals surface area contributed by atoms with Gasteiger partial charge in [0.1, 0.15) is 0 Å². The van der Waals surface area contributed by atoms with Crippen LogP contribution in [0.1, 0.15) is 25.7 Å². The van der Waals surface area contributed by atoms with Gasteiger partial charge in [-0.05, 0) is 38.1 Å². The summed E-state index contributed by atoms with van der Waals surface area (Å²) < 4.78 is 50.9. The minimum absolute atomic E-state index is 0.424. The van der Waals surface area contributed by atoms with Crippen molar-refractivity contribution in [3.8, 4) is 0 Å². The zero-order valence-electron chi connectivity index (χ0n) is 11.8. The Morgan fingerprint density at radius 3 is 2.35 bits per heavy atom. The molecule has 0 atom stereocenters. The lowest BCUT2D eigenvalue weighted by molar-refractivity contribution is 0.123. The third-order valence-corrected chi connectivity index (χ3v) is 5.92. The van der Waals surface area contributed by atoms with Crippen molar-refractivity contribution < 1.29 is 17.2 Å². The minimum atomic E-state index is -3.73. The van der Waals surface area contributed by atoms with Gasteiger partial charge in [-0.25, -0.2) is 8.78 Å². The summed E-state index contributed by atoms with van der Waals surface area (Å²) in [5.74, 6) is 0.488. The van der Waals surface area contributed by atoms with E-state index < -0.39 is 23.2 Å². The second-order valence-electron chi connectivity index (χ2n) is 5.70. The van der Waals surface area contributed by atoms with Crippen molar-refractivity contribution in [3.05, 3.63) is 0 Å². The summed E-state index contributed by atoms with van der Waals surface area (Å²) in [6.45, 7) is 1.04. The van der Waals surface area contributed by atoms with Gasteiger partial charge in [-0.15, -0.1) is 0 Å². The van der Waals surface area contributed by atoms with Crippen LogP contribution >= 0.6 is 0 Å². The van der Waals surface area contributed by atoms with Gasteiger partial charge in [0.05, 0.1) is 6.54 Å². The fourth-order valence-electron chi connectivity index (χ4n) is 2.45. The highest BCUT2D eigenvalue weighted by molar-refractivity contribution is 7.86. The number of hydrogen-bond acceptors (Lipinski definition) is 3. The van der Waals surface area contributed by atoms with E-state index in [0.717, 1.165) is 23.7 Å². The summed E-state index contributed by atoms with van der Waals surface area (Å²) in [6, 6.07) is 0.661. The Morgan fingerprint density at radius 1 is 1.25 bits per heavy atom. The van der Waals surface area contributed by atoms with Crippen molar-refractivity contribution in [1.29, 1.82) is 0 Å². The van der Waals surface area contributed by atoms with Gasteiger partial charge in [-0.3, -0.25) is 0 Å². The van der Waals surface area contributed by atoms with Gasteiger partial charge in [0.2, 0.25) is 0 Å². The van der Waals surface area contributed by atoms with E-state index in [9.17, 15) is 17.2 Å². The molecule has 0 aromatic rings. The van der Waals surface area contributed by atoms with Gasteiger partial charge in [0.25, 0.3) is 16.6 Å². The summed E-state index contributed by atoms with van der Waals surface area (Å²) in [5.41, 5.74) is 0. The van der Waals surface area contributed by atoms with Crippen LogP contribution in [-0.2, 0) is 10.2 Å². The molecule has 118 valence electrons. The van der Waals surface area contributed by atoms with Crippen LogP contribution in [-0.4, -0.2) is 62.7 Å². The summed E-state index contributed by atoms with van der Waals surface area (Å²) >= 11 is 0. The van der Waals surface area contributed by atoms with Crippen molar-refractivity contribution >= 4 is 10.2 Å². The highest BCUT2D eigenvalue weighted by Gasteiger charge is 2.32. The molecule has 0 aromatic carbocycles. The van der Waals surface area contributed by atoms with E-state index in [1.54, 1.807) is 0 Å². The molecular formula is C12H23F2N3O2S. The Bertz CT molecular complexity index is 407. The van der Waals surface area contributed by atoms with E-state index in [0.29, 0.717) is 25.0 Å². The molecule has 1 aliphatic heterocycles. The van der Waals surface area contributed by atoms with Gasteiger partial charge in [0.15, 0.2) is 0 Å². The molecule has 1 aliphatic carbocycles. The van der Waals surface area contributed by atoms with Crippen molar-refractivity contribution in [3.63, 3.8) is 0 Å². The maximum atomic E-state index is 12.3. The van der Waals surface area contributed by atoms with E-state index in [2.05, 4.69) is 5.32 Å². The molecule has 0 radical (unpaired) electrons. The molecule has 0 amide bonds. The normalized spacial score (nSPS) is 22.9. The molecule has 2 aliphatic rings. The van der Waals surface area contributed by atoms with E-state index in [1.165, 1.54) is 24.2 Å². The molecule has 1 saturated heterocycles. The fraction of sp³-hybridized carbons (Fsp3) is 1.00. The van der Waals surface area contributed by atoms with Gasteiger partial charge < -0.3 is 5.32 Å². The Balaban J connectivity index is 1.79. The Hall–Kier alpha value is -0.310. The summed E-state index contributed by atoms with van der Waals surface area (Å²) in [6.07, 6.45) is 1.43. The highest BCUT2D eigenvalue weighted by atomic mass is 32.2. The molecule has 2 rings (SSSR count). The molecule has 20 heavy (non-hydrogen) atoms. The number of nitrogens with zero attached hydrogens (tertiary/aromatic N) is 2. The monoisotopic (exact) mass is 311 g/mol. The van der Waals surface area contributed by atoms with Gasteiger partial charge in [0, 0.05) is 26.2 Å². The molecule has 8 heteroatoms. The lowest BCUT2D eigenvalue weighted by Gasteiger charge is -2.33. The maximum Gasteiger partial charge on any atom is 0.281 e. The number of alkyl halides is 2. The largest absolute Gasteiger partial charge is 0.314 e. The van der Waals surface area contributed by atoms with Crippen molar-refractivity contribution in [2.75, 3.05) is 33.2 Å². The molecule has 0 bridgehead atoms. The average Bonchev–Trinajstić information content (AvgIpc) is 3.20. The molecular weight excluding hydrogens is 288 g/mol. The lowest BCUT2D eigenvalue weighted by atomic mass is 9.98. The van der Waals surface area contributed by atoms with Crippen molar-refractivity contribution in [2.45, 2.75) is 38.2 Å². The van der Waals surface area contributed by atoms with Crippen molar-refractivity contribution in [2.24, 2.45) is 5.92 Å². The lowest BCUT2D eigenvalue weighted by Crippen LogP contribution is -2.47. The van der Waals surface area contributed by atoms with Crippen LogP contribution in [0.15, 0.2) is 0 Å². The minimum Gasteiger partial charge on any atom is -0.314 e. The quantitative estimate of drug-likeness (QED) is 0.760. The standard InChI is InChI=1S/C12H23F2N3O2S/c1-16(9-12(13)14)20(18,19)17-6-4-10(5-7-17)8-15-11-2-3-11/h10-12,15H,2-9H2,1H3. The fourth-order valence-corrected chi connectivity index (χ4v) is 3.82. The van der Waals surface area contributed by atoms with Gasteiger partial charge >= 0.3 is 0 Å². The number of piperidine rings is 1. The Morgan fingerprint density at radius 2 is 1.85 bits per heavy atom. The zero-order chi connectivity index (χ0) is 14.8.